The molecule has 0 radical (unpaired) electrons. The molecule has 1 heterocycles. The summed E-state index contributed by atoms with van der Waals surface area (Å²) in [4.78, 5) is 14.5. The van der Waals surface area contributed by atoms with Gasteiger partial charge >= 0.3 is 0 Å². The molecule has 1 aromatic rings. The van der Waals surface area contributed by atoms with Crippen LogP contribution in [0, 0.1) is 0 Å². The van der Waals surface area contributed by atoms with Crippen LogP contribution in [0.25, 0.3) is 0 Å². The molecular weight excluding hydrogens is 238 g/mol. The van der Waals surface area contributed by atoms with Crippen LogP contribution in [-0.2, 0) is 4.79 Å². The summed E-state index contributed by atoms with van der Waals surface area (Å²) in [7, 11) is 1.92. The zero-order valence-corrected chi connectivity index (χ0v) is 11.7. The zero-order valence-electron chi connectivity index (χ0n) is 11.7. The maximum Gasteiger partial charge on any atom is 0.242 e. The van der Waals surface area contributed by atoms with Crippen LogP contribution in [0.1, 0.15) is 19.8 Å². The van der Waals surface area contributed by atoms with E-state index < -0.39 is 0 Å². The van der Waals surface area contributed by atoms with Crippen molar-refractivity contribution in [2.75, 3.05) is 25.0 Å². The number of benzene rings is 1. The van der Waals surface area contributed by atoms with E-state index in [2.05, 4.69) is 34.6 Å². The van der Waals surface area contributed by atoms with Crippen molar-refractivity contribution in [1.29, 1.82) is 0 Å². The largest absolute Gasteiger partial charge is 0.357 e. The minimum absolute atomic E-state index is 0.0904. The van der Waals surface area contributed by atoms with Crippen LogP contribution in [0.3, 0.4) is 0 Å². The topological polar surface area (TPSA) is 44.4 Å². The first kappa shape index (κ1) is 13.9. The van der Waals surface area contributed by atoms with Gasteiger partial charge in [-0.2, -0.15) is 0 Å². The van der Waals surface area contributed by atoms with Gasteiger partial charge in [0, 0.05) is 18.3 Å². The number of rotatable bonds is 4. The van der Waals surface area contributed by atoms with Gasteiger partial charge in [-0.3, -0.25) is 4.79 Å². The Hall–Kier alpha value is -1.55. The zero-order chi connectivity index (χ0) is 13.7. The van der Waals surface area contributed by atoms with Crippen molar-refractivity contribution < 1.29 is 4.79 Å². The highest BCUT2D eigenvalue weighted by Crippen LogP contribution is 2.24. The summed E-state index contributed by atoms with van der Waals surface area (Å²) in [5.41, 5.74) is 1.13. The molecule has 19 heavy (non-hydrogen) atoms. The van der Waals surface area contributed by atoms with Crippen molar-refractivity contribution >= 4 is 11.6 Å². The minimum atomic E-state index is -0.0904. The highest BCUT2D eigenvalue weighted by Gasteiger charge is 2.31. The molecule has 1 amide bonds. The Morgan fingerprint density at radius 3 is 2.79 bits per heavy atom. The third-order valence-electron chi connectivity index (χ3n) is 3.70. The van der Waals surface area contributed by atoms with Gasteiger partial charge in [0.15, 0.2) is 0 Å². The van der Waals surface area contributed by atoms with E-state index in [1.165, 1.54) is 0 Å². The number of carbonyl (C=O) groups excluding carboxylic acids is 1. The summed E-state index contributed by atoms with van der Waals surface area (Å²) in [6, 6.07) is 10.5. The predicted molar refractivity (Wildman–Crippen MR) is 78.3 cm³/mol. The molecule has 0 aromatic heterocycles. The summed E-state index contributed by atoms with van der Waals surface area (Å²) < 4.78 is 0. The molecule has 0 aliphatic carbocycles. The first-order valence-electron chi connectivity index (χ1n) is 6.99. The number of hydrogen-bond donors (Lipinski definition) is 2. The molecule has 4 nitrogen and oxygen atoms in total. The third-order valence-corrected chi connectivity index (χ3v) is 3.70. The van der Waals surface area contributed by atoms with Gasteiger partial charge in [-0.25, -0.2) is 0 Å². The minimum Gasteiger partial charge on any atom is -0.357 e. The van der Waals surface area contributed by atoms with Gasteiger partial charge in [0.25, 0.3) is 0 Å². The molecule has 2 unspecified atom stereocenters. The summed E-state index contributed by atoms with van der Waals surface area (Å²) >= 11 is 0. The molecular formula is C15H23N3O. The molecule has 1 aliphatic rings. The monoisotopic (exact) mass is 261 g/mol. The summed E-state index contributed by atoms with van der Waals surface area (Å²) in [6.45, 7) is 3.80. The molecule has 1 aliphatic heterocycles. The fraction of sp³-hybridized carbons (Fsp3) is 0.533. The van der Waals surface area contributed by atoms with E-state index in [1.807, 2.05) is 25.2 Å². The van der Waals surface area contributed by atoms with Crippen molar-refractivity contribution in [2.24, 2.45) is 0 Å². The molecule has 104 valence electrons. The van der Waals surface area contributed by atoms with Crippen LogP contribution in [0.2, 0.25) is 0 Å². The molecule has 1 fully saturated rings. The van der Waals surface area contributed by atoms with Crippen LogP contribution in [0.5, 0.6) is 0 Å². The standard InChI is InChI=1S/C15H23N3O/c1-12-8-11-17-15(19)14(9-10-16-2)18(12)13-6-4-3-5-7-13/h3-7,12,14,16H,8-11H2,1-2H3,(H,17,19). The second-order valence-corrected chi connectivity index (χ2v) is 5.08. The Labute approximate surface area is 115 Å². The van der Waals surface area contributed by atoms with Crippen LogP contribution in [0.4, 0.5) is 5.69 Å². The van der Waals surface area contributed by atoms with Gasteiger partial charge in [-0.05, 0) is 45.5 Å². The van der Waals surface area contributed by atoms with E-state index in [-0.39, 0.29) is 11.9 Å². The summed E-state index contributed by atoms with van der Waals surface area (Å²) in [5, 5.41) is 6.16. The average molecular weight is 261 g/mol. The Morgan fingerprint density at radius 2 is 2.11 bits per heavy atom. The smallest absolute Gasteiger partial charge is 0.242 e. The van der Waals surface area contributed by atoms with Gasteiger partial charge < -0.3 is 15.5 Å². The first-order valence-corrected chi connectivity index (χ1v) is 6.99. The molecule has 0 spiro atoms. The third kappa shape index (κ3) is 3.26. The fourth-order valence-electron chi connectivity index (χ4n) is 2.68. The number of carbonyl (C=O) groups is 1. The number of hydrogen-bond acceptors (Lipinski definition) is 3. The maximum atomic E-state index is 12.3. The van der Waals surface area contributed by atoms with E-state index in [0.717, 1.165) is 31.6 Å². The van der Waals surface area contributed by atoms with E-state index in [0.29, 0.717) is 6.04 Å². The van der Waals surface area contributed by atoms with Crippen molar-refractivity contribution in [3.8, 4) is 0 Å². The van der Waals surface area contributed by atoms with E-state index >= 15 is 0 Å². The van der Waals surface area contributed by atoms with Crippen LogP contribution >= 0.6 is 0 Å². The maximum absolute atomic E-state index is 12.3. The van der Waals surface area contributed by atoms with Gasteiger partial charge in [-0.1, -0.05) is 18.2 Å². The number of anilines is 1. The molecule has 2 atom stereocenters. The van der Waals surface area contributed by atoms with Crippen molar-refractivity contribution in [3.05, 3.63) is 30.3 Å². The molecule has 1 aromatic carbocycles. The van der Waals surface area contributed by atoms with Crippen LogP contribution in [0.15, 0.2) is 30.3 Å². The first-order chi connectivity index (χ1) is 9.24. The molecule has 1 saturated heterocycles. The molecule has 2 rings (SSSR count). The Bertz CT molecular complexity index is 407. The second-order valence-electron chi connectivity index (χ2n) is 5.08. The lowest BCUT2D eigenvalue weighted by atomic mass is 10.1. The van der Waals surface area contributed by atoms with Gasteiger partial charge in [0.05, 0.1) is 0 Å². The average Bonchev–Trinajstić information content (AvgIpc) is 2.56. The molecule has 2 N–H and O–H groups in total. The number of para-hydroxylation sites is 1. The predicted octanol–water partition coefficient (Wildman–Crippen LogP) is 1.38. The lowest BCUT2D eigenvalue weighted by Gasteiger charge is -2.35. The van der Waals surface area contributed by atoms with Gasteiger partial charge in [0.1, 0.15) is 6.04 Å². The Morgan fingerprint density at radius 1 is 1.37 bits per heavy atom. The van der Waals surface area contributed by atoms with Crippen molar-refractivity contribution in [3.63, 3.8) is 0 Å². The number of amides is 1. The highest BCUT2D eigenvalue weighted by molar-refractivity contribution is 5.86. The normalized spacial score (nSPS) is 23.9. The van der Waals surface area contributed by atoms with Crippen LogP contribution < -0.4 is 15.5 Å². The van der Waals surface area contributed by atoms with Gasteiger partial charge in [-0.15, -0.1) is 0 Å². The second kappa shape index (κ2) is 6.57. The Balaban J connectivity index is 2.28. The number of nitrogens with one attached hydrogen (secondary N) is 2. The van der Waals surface area contributed by atoms with Crippen molar-refractivity contribution in [1.82, 2.24) is 10.6 Å². The van der Waals surface area contributed by atoms with Crippen LogP contribution in [-0.4, -0.2) is 38.1 Å². The highest BCUT2D eigenvalue weighted by atomic mass is 16.2. The lowest BCUT2D eigenvalue weighted by Crippen LogP contribution is -2.48. The molecule has 4 heteroatoms. The van der Waals surface area contributed by atoms with Gasteiger partial charge in [0.2, 0.25) is 5.91 Å². The van der Waals surface area contributed by atoms with E-state index in [1.54, 1.807) is 0 Å². The van der Waals surface area contributed by atoms with Crippen molar-refractivity contribution in [2.45, 2.75) is 31.8 Å². The van der Waals surface area contributed by atoms with E-state index in [4.69, 9.17) is 0 Å². The molecule has 0 bridgehead atoms. The number of nitrogens with zero attached hydrogens (tertiary/aromatic N) is 1. The molecule has 0 saturated carbocycles. The fourth-order valence-corrected chi connectivity index (χ4v) is 2.68. The lowest BCUT2D eigenvalue weighted by molar-refractivity contribution is -0.122. The quantitative estimate of drug-likeness (QED) is 0.860. The SMILES string of the molecule is CNCCC1C(=O)NCCC(C)N1c1ccccc1. The summed E-state index contributed by atoms with van der Waals surface area (Å²) in [5.74, 6) is 0.142. The summed E-state index contributed by atoms with van der Waals surface area (Å²) in [6.07, 6.45) is 1.80. The Kier molecular flexibility index (Phi) is 4.80. The van der Waals surface area contributed by atoms with E-state index in [9.17, 15) is 4.79 Å².